The van der Waals surface area contributed by atoms with Crippen LogP contribution in [0.2, 0.25) is 0 Å². The van der Waals surface area contributed by atoms with Crippen molar-refractivity contribution >= 4 is 11.8 Å². The number of rotatable bonds is 7. The van der Waals surface area contributed by atoms with Gasteiger partial charge in [0, 0.05) is 12.3 Å². The number of halogens is 1. The summed E-state index contributed by atoms with van der Waals surface area (Å²) in [4.78, 5) is 0. The van der Waals surface area contributed by atoms with E-state index in [1.165, 1.54) is 23.9 Å². The van der Waals surface area contributed by atoms with Crippen LogP contribution in [0.4, 0.5) is 4.39 Å². The maximum absolute atomic E-state index is 12.9. The van der Waals surface area contributed by atoms with Crippen molar-refractivity contribution in [1.82, 2.24) is 14.8 Å². The summed E-state index contributed by atoms with van der Waals surface area (Å²) in [5, 5.41) is 19.2. The van der Waals surface area contributed by atoms with E-state index in [9.17, 15) is 9.50 Å². The molecule has 124 valence electrons. The third kappa shape index (κ3) is 3.58. The van der Waals surface area contributed by atoms with Gasteiger partial charge in [-0.2, -0.15) is 0 Å². The Morgan fingerprint density at radius 1 is 1.29 bits per heavy atom. The zero-order valence-corrected chi connectivity index (χ0v) is 13.6. The molecule has 0 fully saturated rings. The highest BCUT2D eigenvalue weighted by Crippen LogP contribution is 2.27. The van der Waals surface area contributed by atoms with Crippen LogP contribution in [0.3, 0.4) is 0 Å². The molecule has 2 heterocycles. The lowest BCUT2D eigenvalue weighted by molar-refractivity contribution is 0.204. The molecule has 0 aliphatic carbocycles. The van der Waals surface area contributed by atoms with Crippen LogP contribution in [0.15, 0.2) is 64.9 Å². The van der Waals surface area contributed by atoms with Crippen LogP contribution < -0.4 is 0 Å². The molecule has 3 aromatic rings. The first-order valence-corrected chi connectivity index (χ1v) is 8.32. The quantitative estimate of drug-likeness (QED) is 0.523. The Morgan fingerprint density at radius 2 is 2.08 bits per heavy atom. The molecule has 0 saturated carbocycles. The first-order chi connectivity index (χ1) is 11.7. The summed E-state index contributed by atoms with van der Waals surface area (Å²) in [6.07, 6.45) is 2.60. The Labute approximate surface area is 142 Å². The fourth-order valence-corrected chi connectivity index (χ4v) is 3.13. The number of aliphatic hydroxyl groups is 1. The molecule has 7 heteroatoms. The minimum Gasteiger partial charge on any atom is -0.461 e. The van der Waals surface area contributed by atoms with Crippen molar-refractivity contribution < 1.29 is 13.9 Å². The predicted octanol–water partition coefficient (Wildman–Crippen LogP) is 3.69. The molecule has 5 nitrogen and oxygen atoms in total. The van der Waals surface area contributed by atoms with E-state index in [2.05, 4.69) is 16.8 Å². The first-order valence-electron chi connectivity index (χ1n) is 7.33. The van der Waals surface area contributed by atoms with Gasteiger partial charge in [-0.1, -0.05) is 30.0 Å². The molecule has 2 aromatic heterocycles. The molecule has 0 bridgehead atoms. The van der Waals surface area contributed by atoms with Gasteiger partial charge >= 0.3 is 0 Å². The van der Waals surface area contributed by atoms with Crippen LogP contribution >= 0.6 is 11.8 Å². The van der Waals surface area contributed by atoms with Crippen molar-refractivity contribution in [3.63, 3.8) is 0 Å². The highest BCUT2D eigenvalue weighted by atomic mass is 32.2. The van der Waals surface area contributed by atoms with Crippen molar-refractivity contribution in [2.24, 2.45) is 0 Å². The Morgan fingerprint density at radius 3 is 2.75 bits per heavy atom. The highest BCUT2D eigenvalue weighted by molar-refractivity contribution is 7.99. The number of nitrogens with zero attached hydrogens (tertiary/aromatic N) is 3. The van der Waals surface area contributed by atoms with Crippen LogP contribution in [-0.4, -0.2) is 25.6 Å². The van der Waals surface area contributed by atoms with Crippen LogP contribution in [0, 0.1) is 5.82 Å². The zero-order valence-electron chi connectivity index (χ0n) is 12.8. The van der Waals surface area contributed by atoms with Gasteiger partial charge in [-0.25, -0.2) is 4.39 Å². The number of hydrogen-bond acceptors (Lipinski definition) is 5. The lowest BCUT2D eigenvalue weighted by Gasteiger charge is -2.11. The van der Waals surface area contributed by atoms with E-state index in [4.69, 9.17) is 4.42 Å². The third-order valence-corrected chi connectivity index (χ3v) is 4.44. The number of allylic oxidation sites excluding steroid dienone is 1. The lowest BCUT2D eigenvalue weighted by atomic mass is 10.1. The number of hydrogen-bond donors (Lipinski definition) is 1. The molecule has 0 spiro atoms. The van der Waals surface area contributed by atoms with Gasteiger partial charge in [0.25, 0.3) is 0 Å². The SMILES string of the molecule is C=CCn1c(SCC(O)c2ccc(F)cc2)nnc1-c1ccco1. The van der Waals surface area contributed by atoms with Gasteiger partial charge in [-0.3, -0.25) is 4.57 Å². The summed E-state index contributed by atoms with van der Waals surface area (Å²) in [6.45, 7) is 4.27. The lowest BCUT2D eigenvalue weighted by Crippen LogP contribution is -2.04. The van der Waals surface area contributed by atoms with Crippen LogP contribution in [-0.2, 0) is 6.54 Å². The molecule has 24 heavy (non-hydrogen) atoms. The van der Waals surface area contributed by atoms with E-state index in [-0.39, 0.29) is 5.82 Å². The number of thioether (sulfide) groups is 1. The van der Waals surface area contributed by atoms with Crippen molar-refractivity contribution in [1.29, 1.82) is 0 Å². The van der Waals surface area contributed by atoms with Crippen LogP contribution in [0.5, 0.6) is 0 Å². The molecule has 0 radical (unpaired) electrons. The molecule has 0 amide bonds. The second-order valence-corrected chi connectivity index (χ2v) is 6.05. The number of furan rings is 1. The minimum absolute atomic E-state index is 0.326. The normalized spacial score (nSPS) is 12.2. The molecular formula is C17H16FN3O2S. The fourth-order valence-electron chi connectivity index (χ4n) is 2.21. The zero-order chi connectivity index (χ0) is 16.9. The van der Waals surface area contributed by atoms with Gasteiger partial charge < -0.3 is 9.52 Å². The maximum Gasteiger partial charge on any atom is 0.200 e. The summed E-state index contributed by atoms with van der Waals surface area (Å²) in [6, 6.07) is 9.41. The smallest absolute Gasteiger partial charge is 0.200 e. The van der Waals surface area contributed by atoms with E-state index in [1.807, 2.05) is 10.6 Å². The molecule has 0 aliphatic heterocycles. The van der Waals surface area contributed by atoms with Crippen molar-refractivity contribution in [2.75, 3.05) is 5.75 Å². The van der Waals surface area contributed by atoms with Crippen molar-refractivity contribution in [2.45, 2.75) is 17.8 Å². The highest BCUT2D eigenvalue weighted by Gasteiger charge is 2.17. The Bertz CT molecular complexity index is 800. The molecule has 1 N–H and O–H groups in total. The topological polar surface area (TPSA) is 64.1 Å². The van der Waals surface area contributed by atoms with E-state index in [0.717, 1.165) is 0 Å². The standard InChI is InChI=1S/C17H16FN3O2S/c1-2-9-21-16(15-4-3-10-23-15)19-20-17(21)24-11-14(22)12-5-7-13(18)8-6-12/h2-8,10,14,22H,1,9,11H2. The molecule has 0 aliphatic rings. The van der Waals surface area contributed by atoms with Gasteiger partial charge in [-0.05, 0) is 29.8 Å². The van der Waals surface area contributed by atoms with Crippen molar-refractivity contribution in [3.05, 3.63) is 66.7 Å². The second kappa shape index (κ2) is 7.46. The monoisotopic (exact) mass is 345 g/mol. The van der Waals surface area contributed by atoms with Gasteiger partial charge in [0.15, 0.2) is 10.9 Å². The molecule has 1 unspecified atom stereocenters. The average molecular weight is 345 g/mol. The number of aromatic nitrogens is 3. The van der Waals surface area contributed by atoms with E-state index in [0.29, 0.717) is 34.6 Å². The summed E-state index contributed by atoms with van der Waals surface area (Å²) in [5.74, 6) is 1.28. The second-order valence-electron chi connectivity index (χ2n) is 5.06. The molecule has 1 aromatic carbocycles. The summed E-state index contributed by atoms with van der Waals surface area (Å²) in [5.41, 5.74) is 0.657. The Hall–Kier alpha value is -2.38. The average Bonchev–Trinajstić information content (AvgIpc) is 3.23. The summed E-state index contributed by atoms with van der Waals surface area (Å²) >= 11 is 1.37. The molecule has 1 atom stereocenters. The van der Waals surface area contributed by atoms with E-state index >= 15 is 0 Å². The van der Waals surface area contributed by atoms with Crippen LogP contribution in [0.1, 0.15) is 11.7 Å². The number of aliphatic hydroxyl groups excluding tert-OH is 1. The van der Waals surface area contributed by atoms with Gasteiger partial charge in [0.05, 0.1) is 12.4 Å². The largest absolute Gasteiger partial charge is 0.461 e. The first kappa shape index (κ1) is 16.5. The fraction of sp³-hybridized carbons (Fsp3) is 0.176. The van der Waals surface area contributed by atoms with Crippen LogP contribution in [0.25, 0.3) is 11.6 Å². The van der Waals surface area contributed by atoms with E-state index < -0.39 is 6.10 Å². The molecular weight excluding hydrogens is 329 g/mol. The van der Waals surface area contributed by atoms with Gasteiger partial charge in [0.1, 0.15) is 5.82 Å². The molecule has 0 saturated heterocycles. The van der Waals surface area contributed by atoms with Crippen molar-refractivity contribution in [3.8, 4) is 11.6 Å². The van der Waals surface area contributed by atoms with Gasteiger partial charge in [-0.15, -0.1) is 16.8 Å². The number of benzene rings is 1. The minimum atomic E-state index is -0.725. The summed E-state index contributed by atoms with van der Waals surface area (Å²) < 4.78 is 20.2. The van der Waals surface area contributed by atoms with Gasteiger partial charge in [0.2, 0.25) is 5.82 Å². The summed E-state index contributed by atoms with van der Waals surface area (Å²) in [7, 11) is 0. The predicted molar refractivity (Wildman–Crippen MR) is 90.0 cm³/mol. The van der Waals surface area contributed by atoms with E-state index in [1.54, 1.807) is 30.5 Å². The Balaban J connectivity index is 1.75. The molecule has 3 rings (SSSR count). The third-order valence-electron chi connectivity index (χ3n) is 3.40. The maximum atomic E-state index is 12.9. The Kier molecular flexibility index (Phi) is 5.12.